The SMILES string of the molecule is NCc1cccc([B]F)c1. The molecule has 51 valence electrons. The number of hydrogen-bond acceptors (Lipinski definition) is 1. The van der Waals surface area contributed by atoms with Crippen LogP contribution in [0.15, 0.2) is 24.3 Å². The van der Waals surface area contributed by atoms with Gasteiger partial charge < -0.3 is 10.0 Å². The predicted octanol–water partition coefficient (Wildman–Crippen LogP) is 0.359. The smallest absolute Gasteiger partial charge is 0.335 e. The first-order valence-corrected chi connectivity index (χ1v) is 3.09. The molecule has 1 aromatic carbocycles. The Morgan fingerprint density at radius 2 is 2.30 bits per heavy atom. The first kappa shape index (κ1) is 7.28. The molecule has 0 fully saturated rings. The minimum atomic E-state index is 0.460. The molecule has 0 aromatic heterocycles. The highest BCUT2D eigenvalue weighted by Crippen LogP contribution is 1.93. The van der Waals surface area contributed by atoms with E-state index in [-0.39, 0.29) is 0 Å². The van der Waals surface area contributed by atoms with E-state index in [0.717, 1.165) is 5.56 Å². The van der Waals surface area contributed by atoms with E-state index in [9.17, 15) is 4.32 Å². The quantitative estimate of drug-likeness (QED) is 0.583. The van der Waals surface area contributed by atoms with E-state index in [4.69, 9.17) is 5.73 Å². The van der Waals surface area contributed by atoms with Crippen molar-refractivity contribution >= 4 is 13.0 Å². The van der Waals surface area contributed by atoms with E-state index >= 15 is 0 Å². The maximum absolute atomic E-state index is 11.9. The van der Waals surface area contributed by atoms with Gasteiger partial charge in [0.1, 0.15) is 0 Å². The summed E-state index contributed by atoms with van der Waals surface area (Å²) >= 11 is 0. The zero-order valence-electron chi connectivity index (χ0n) is 5.55. The van der Waals surface area contributed by atoms with Gasteiger partial charge in [0.15, 0.2) is 0 Å². The predicted molar refractivity (Wildman–Crippen MR) is 40.8 cm³/mol. The fraction of sp³-hybridized carbons (Fsp3) is 0.143. The lowest BCUT2D eigenvalue weighted by molar-refractivity contribution is 0.884. The third-order valence-corrected chi connectivity index (χ3v) is 1.31. The summed E-state index contributed by atoms with van der Waals surface area (Å²) in [6.07, 6.45) is 0. The van der Waals surface area contributed by atoms with E-state index in [1.54, 1.807) is 18.2 Å². The van der Waals surface area contributed by atoms with Crippen molar-refractivity contribution in [2.24, 2.45) is 5.73 Å². The van der Waals surface area contributed by atoms with Crippen molar-refractivity contribution in [3.63, 3.8) is 0 Å². The molecule has 3 heteroatoms. The average Bonchev–Trinajstić information content (AvgIpc) is 2.05. The molecule has 10 heavy (non-hydrogen) atoms. The minimum Gasteiger partial charge on any atom is -0.335 e. The number of rotatable bonds is 2. The van der Waals surface area contributed by atoms with Crippen molar-refractivity contribution in [2.75, 3.05) is 0 Å². The summed E-state index contributed by atoms with van der Waals surface area (Å²) in [7, 11) is 0.569. The van der Waals surface area contributed by atoms with Crippen LogP contribution in [-0.2, 0) is 6.54 Å². The Hall–Kier alpha value is -0.825. The number of nitrogens with two attached hydrogens (primary N) is 1. The van der Waals surface area contributed by atoms with Gasteiger partial charge in [0, 0.05) is 6.54 Å². The Kier molecular flexibility index (Phi) is 2.45. The molecule has 2 N–H and O–H groups in total. The maximum Gasteiger partial charge on any atom is 0.391 e. The van der Waals surface area contributed by atoms with Crippen molar-refractivity contribution < 1.29 is 4.32 Å². The molecule has 0 saturated heterocycles. The summed E-state index contributed by atoms with van der Waals surface area (Å²) in [6.45, 7) is 0.460. The molecule has 1 aromatic rings. The molecule has 0 saturated carbocycles. The van der Waals surface area contributed by atoms with Crippen molar-refractivity contribution in [2.45, 2.75) is 6.54 Å². The number of benzene rings is 1. The first-order chi connectivity index (χ1) is 4.86. The summed E-state index contributed by atoms with van der Waals surface area (Å²) in [5.74, 6) is 0. The molecule has 1 nitrogen and oxygen atoms in total. The van der Waals surface area contributed by atoms with Gasteiger partial charge in [0.25, 0.3) is 0 Å². The average molecular weight is 136 g/mol. The lowest BCUT2D eigenvalue weighted by atomic mass is 9.90. The van der Waals surface area contributed by atoms with Crippen LogP contribution in [0, 0.1) is 0 Å². The molecule has 0 spiro atoms. The highest BCUT2D eigenvalue weighted by Gasteiger charge is 1.94. The van der Waals surface area contributed by atoms with Gasteiger partial charge in [-0.05, 0) is 11.0 Å². The Labute approximate surface area is 60.3 Å². The fourth-order valence-corrected chi connectivity index (χ4v) is 0.788. The molecule has 0 atom stereocenters. The molecule has 0 aliphatic heterocycles. The van der Waals surface area contributed by atoms with E-state index in [2.05, 4.69) is 0 Å². The Morgan fingerprint density at radius 3 is 2.90 bits per heavy atom. The van der Waals surface area contributed by atoms with Gasteiger partial charge in [-0.2, -0.15) is 0 Å². The van der Waals surface area contributed by atoms with Gasteiger partial charge in [-0.15, -0.1) is 0 Å². The van der Waals surface area contributed by atoms with Crippen LogP contribution in [-0.4, -0.2) is 7.56 Å². The van der Waals surface area contributed by atoms with E-state index < -0.39 is 0 Å². The highest BCUT2D eigenvalue weighted by atomic mass is 19.1. The van der Waals surface area contributed by atoms with Crippen LogP contribution in [0.1, 0.15) is 5.56 Å². The van der Waals surface area contributed by atoms with Gasteiger partial charge in [-0.3, -0.25) is 0 Å². The van der Waals surface area contributed by atoms with E-state index in [1.165, 1.54) is 0 Å². The van der Waals surface area contributed by atoms with Gasteiger partial charge in [-0.1, -0.05) is 24.3 Å². The summed E-state index contributed by atoms with van der Waals surface area (Å²) in [5, 5.41) is 0. The largest absolute Gasteiger partial charge is 0.391 e. The van der Waals surface area contributed by atoms with Crippen molar-refractivity contribution in [3.8, 4) is 0 Å². The third kappa shape index (κ3) is 1.58. The molecular formula is C7H8BFN. The molecular weight excluding hydrogens is 128 g/mol. The Bertz CT molecular complexity index is 195. The molecule has 1 rings (SSSR count). The van der Waals surface area contributed by atoms with Crippen LogP contribution < -0.4 is 11.2 Å². The zero-order valence-corrected chi connectivity index (χ0v) is 5.55. The normalized spacial score (nSPS) is 9.40. The molecule has 0 bridgehead atoms. The van der Waals surface area contributed by atoms with Gasteiger partial charge in [0.2, 0.25) is 0 Å². The standard InChI is InChI=1S/C7H8BFN/c9-8-7-3-1-2-6(4-7)5-10/h1-4H,5,10H2. The van der Waals surface area contributed by atoms with Gasteiger partial charge in [-0.25, -0.2) is 0 Å². The number of halogens is 1. The molecule has 0 unspecified atom stereocenters. The zero-order chi connectivity index (χ0) is 7.40. The molecule has 0 aliphatic rings. The summed E-state index contributed by atoms with van der Waals surface area (Å²) in [6, 6.07) is 7.07. The second-order valence-electron chi connectivity index (χ2n) is 2.06. The summed E-state index contributed by atoms with van der Waals surface area (Å²) in [4.78, 5) is 0. The van der Waals surface area contributed by atoms with Crippen molar-refractivity contribution in [3.05, 3.63) is 29.8 Å². The molecule has 0 heterocycles. The van der Waals surface area contributed by atoms with Crippen LogP contribution in [0.4, 0.5) is 4.32 Å². The molecule has 0 aliphatic carbocycles. The first-order valence-electron chi connectivity index (χ1n) is 3.09. The third-order valence-electron chi connectivity index (χ3n) is 1.31. The number of hydrogen-bond donors (Lipinski definition) is 1. The second-order valence-corrected chi connectivity index (χ2v) is 2.06. The van der Waals surface area contributed by atoms with Gasteiger partial charge in [0.05, 0.1) is 0 Å². The highest BCUT2D eigenvalue weighted by molar-refractivity contribution is 6.46. The monoisotopic (exact) mass is 136 g/mol. The van der Waals surface area contributed by atoms with Crippen LogP contribution in [0.2, 0.25) is 0 Å². The summed E-state index contributed by atoms with van der Waals surface area (Å²) < 4.78 is 11.9. The topological polar surface area (TPSA) is 26.0 Å². The van der Waals surface area contributed by atoms with Crippen LogP contribution in [0.25, 0.3) is 0 Å². The lowest BCUT2D eigenvalue weighted by Gasteiger charge is -1.96. The van der Waals surface area contributed by atoms with Crippen molar-refractivity contribution in [1.82, 2.24) is 0 Å². The van der Waals surface area contributed by atoms with Crippen LogP contribution in [0.5, 0.6) is 0 Å². The lowest BCUT2D eigenvalue weighted by Crippen LogP contribution is -2.10. The maximum atomic E-state index is 11.9. The summed E-state index contributed by atoms with van der Waals surface area (Å²) in [5.41, 5.74) is 6.86. The minimum absolute atomic E-state index is 0.460. The van der Waals surface area contributed by atoms with Crippen molar-refractivity contribution in [1.29, 1.82) is 0 Å². The van der Waals surface area contributed by atoms with Crippen LogP contribution >= 0.6 is 0 Å². The Morgan fingerprint density at radius 1 is 1.50 bits per heavy atom. The fourth-order valence-electron chi connectivity index (χ4n) is 0.788. The van der Waals surface area contributed by atoms with Crippen LogP contribution in [0.3, 0.4) is 0 Å². The van der Waals surface area contributed by atoms with Gasteiger partial charge >= 0.3 is 7.56 Å². The second kappa shape index (κ2) is 3.37. The Balaban J connectivity index is 2.87. The molecule has 1 radical (unpaired) electrons. The van der Waals surface area contributed by atoms with E-state index in [0.29, 0.717) is 19.6 Å². The molecule has 0 amide bonds. The van der Waals surface area contributed by atoms with E-state index in [1.807, 2.05) is 6.07 Å².